The number of phenols is 1. The van der Waals surface area contributed by atoms with Crippen LogP contribution in [0.2, 0.25) is 0 Å². The molecule has 0 spiro atoms. The van der Waals surface area contributed by atoms with Gasteiger partial charge in [0.25, 0.3) is 10.0 Å². The van der Waals surface area contributed by atoms with E-state index >= 15 is 0 Å². The highest BCUT2D eigenvalue weighted by Gasteiger charge is 2.19. The topological polar surface area (TPSA) is 129 Å². The summed E-state index contributed by atoms with van der Waals surface area (Å²) in [5.41, 5.74) is -0.234. The Morgan fingerprint density at radius 1 is 1.25 bits per heavy atom. The van der Waals surface area contributed by atoms with Crippen molar-refractivity contribution >= 4 is 25.5 Å². The van der Waals surface area contributed by atoms with Gasteiger partial charge in [-0.1, -0.05) is 0 Å². The lowest BCUT2D eigenvalue weighted by atomic mass is 10.3. The van der Waals surface area contributed by atoms with Crippen LogP contribution in [0.25, 0.3) is 0 Å². The first kappa shape index (κ1) is 14.3. The maximum absolute atomic E-state index is 11.9. The summed E-state index contributed by atoms with van der Waals surface area (Å²) in [6.45, 7) is 0. The van der Waals surface area contributed by atoms with Gasteiger partial charge in [-0.05, 0) is 18.2 Å². The Labute approximate surface area is 115 Å². The molecule has 0 aliphatic heterocycles. The van der Waals surface area contributed by atoms with Crippen molar-refractivity contribution in [1.82, 2.24) is 9.97 Å². The van der Waals surface area contributed by atoms with Gasteiger partial charge in [-0.3, -0.25) is 4.72 Å². The molecule has 1 aromatic heterocycles. The molecule has 1 aromatic carbocycles. The van der Waals surface area contributed by atoms with Crippen LogP contribution in [0.4, 0.5) is 5.69 Å². The summed E-state index contributed by atoms with van der Waals surface area (Å²) < 4.78 is 48.8. The normalized spacial score (nSPS) is 12.2. The molecule has 0 bridgehead atoms. The van der Waals surface area contributed by atoms with Crippen LogP contribution in [-0.2, 0) is 19.9 Å². The van der Waals surface area contributed by atoms with Crippen LogP contribution in [0.5, 0.6) is 5.75 Å². The van der Waals surface area contributed by atoms with Crippen LogP contribution in [0.15, 0.2) is 40.6 Å². The Bertz CT molecular complexity index is 826. The standard InChI is InChI=1S/C10H11N3O5S2/c1-19(15,16)7-2-3-9(14)8(4-7)13-20(17,18)10-5-11-6-12-10/h2-6,13-14H,1H3,(H,11,12). The van der Waals surface area contributed by atoms with Crippen molar-refractivity contribution in [3.05, 3.63) is 30.7 Å². The fourth-order valence-corrected chi connectivity index (χ4v) is 3.03. The molecule has 0 saturated carbocycles. The van der Waals surface area contributed by atoms with Gasteiger partial charge in [-0.25, -0.2) is 13.4 Å². The van der Waals surface area contributed by atoms with Crippen LogP contribution in [0.1, 0.15) is 0 Å². The van der Waals surface area contributed by atoms with Gasteiger partial charge in [-0.2, -0.15) is 8.42 Å². The van der Waals surface area contributed by atoms with Gasteiger partial charge >= 0.3 is 0 Å². The molecule has 108 valence electrons. The first-order valence-corrected chi connectivity index (χ1v) is 8.62. The minimum Gasteiger partial charge on any atom is -0.506 e. The number of nitrogens with zero attached hydrogens (tertiary/aromatic N) is 1. The molecule has 0 amide bonds. The highest BCUT2D eigenvalue weighted by atomic mass is 32.2. The Kier molecular flexibility index (Phi) is 3.44. The molecule has 0 fully saturated rings. The number of hydrogen-bond donors (Lipinski definition) is 3. The molecule has 3 N–H and O–H groups in total. The van der Waals surface area contributed by atoms with Crippen LogP contribution >= 0.6 is 0 Å². The summed E-state index contributed by atoms with van der Waals surface area (Å²) in [6, 6.07) is 3.32. The number of nitrogens with one attached hydrogen (secondary N) is 2. The quantitative estimate of drug-likeness (QED) is 0.696. The molecule has 0 atom stereocenters. The molecule has 20 heavy (non-hydrogen) atoms. The maximum atomic E-state index is 11.9. The summed E-state index contributed by atoms with van der Waals surface area (Å²) in [6.07, 6.45) is 3.24. The van der Waals surface area contributed by atoms with Crippen molar-refractivity contribution in [2.24, 2.45) is 0 Å². The molecular weight excluding hydrogens is 306 g/mol. The number of phenolic OH excluding ortho intramolecular Hbond substituents is 1. The van der Waals surface area contributed by atoms with Gasteiger partial charge < -0.3 is 10.1 Å². The molecule has 1 heterocycles. The van der Waals surface area contributed by atoms with E-state index in [1.165, 1.54) is 12.4 Å². The van der Waals surface area contributed by atoms with Crippen molar-refractivity contribution in [2.75, 3.05) is 11.0 Å². The average Bonchev–Trinajstić information content (AvgIpc) is 2.84. The summed E-state index contributed by atoms with van der Waals surface area (Å²) in [5.74, 6) is -0.388. The Morgan fingerprint density at radius 3 is 2.50 bits per heavy atom. The van der Waals surface area contributed by atoms with Crippen molar-refractivity contribution in [3.63, 3.8) is 0 Å². The second-order valence-electron chi connectivity index (χ2n) is 3.97. The molecular formula is C10H11N3O5S2. The summed E-state index contributed by atoms with van der Waals surface area (Å²) in [5, 5.41) is 9.41. The summed E-state index contributed by atoms with van der Waals surface area (Å²) in [7, 11) is -7.50. The predicted octanol–water partition coefficient (Wildman–Crippen LogP) is 0.320. The Hall–Kier alpha value is -2.07. The van der Waals surface area contributed by atoms with Gasteiger partial charge in [0.05, 0.1) is 23.1 Å². The number of anilines is 1. The van der Waals surface area contributed by atoms with Gasteiger partial charge in [-0.15, -0.1) is 0 Å². The van der Waals surface area contributed by atoms with Crippen LogP contribution in [0.3, 0.4) is 0 Å². The molecule has 0 aliphatic rings. The van der Waals surface area contributed by atoms with Crippen LogP contribution in [-0.4, -0.2) is 38.2 Å². The van der Waals surface area contributed by atoms with Crippen molar-refractivity contribution in [3.8, 4) is 5.75 Å². The monoisotopic (exact) mass is 317 g/mol. The second-order valence-corrected chi connectivity index (χ2v) is 7.64. The molecule has 0 radical (unpaired) electrons. The zero-order chi connectivity index (χ0) is 15.0. The smallest absolute Gasteiger partial charge is 0.279 e. The van der Waals surface area contributed by atoms with Crippen molar-refractivity contribution in [2.45, 2.75) is 9.92 Å². The highest BCUT2D eigenvalue weighted by molar-refractivity contribution is 7.92. The summed E-state index contributed by atoms with van der Waals surface area (Å²) in [4.78, 5) is 5.86. The fourth-order valence-electron chi connectivity index (χ4n) is 1.42. The number of aromatic amines is 1. The minimum absolute atomic E-state index is 0.113. The molecule has 2 rings (SSSR count). The number of aromatic nitrogens is 2. The van der Waals surface area contributed by atoms with E-state index in [9.17, 15) is 21.9 Å². The van der Waals surface area contributed by atoms with E-state index < -0.39 is 19.9 Å². The first-order chi connectivity index (χ1) is 9.20. The van der Waals surface area contributed by atoms with Crippen LogP contribution in [0, 0.1) is 0 Å². The Morgan fingerprint density at radius 2 is 1.95 bits per heavy atom. The maximum Gasteiger partial charge on any atom is 0.279 e. The lowest BCUT2D eigenvalue weighted by Gasteiger charge is -2.09. The van der Waals surface area contributed by atoms with Gasteiger partial charge in [0.15, 0.2) is 14.9 Å². The number of sulfonamides is 1. The number of rotatable bonds is 4. The van der Waals surface area contributed by atoms with Gasteiger partial charge in [0, 0.05) is 6.26 Å². The molecule has 8 nitrogen and oxygen atoms in total. The van der Waals surface area contributed by atoms with E-state index in [0.29, 0.717) is 0 Å². The lowest BCUT2D eigenvalue weighted by Crippen LogP contribution is -2.13. The van der Waals surface area contributed by atoms with Crippen molar-refractivity contribution in [1.29, 1.82) is 0 Å². The fraction of sp³-hybridized carbons (Fsp3) is 0.100. The number of benzene rings is 1. The molecule has 10 heteroatoms. The van der Waals surface area contributed by atoms with Gasteiger partial charge in [0.1, 0.15) is 5.75 Å². The number of aromatic hydroxyl groups is 1. The highest BCUT2D eigenvalue weighted by Crippen LogP contribution is 2.28. The SMILES string of the molecule is CS(=O)(=O)c1ccc(O)c(NS(=O)(=O)c2cnc[nH]2)c1. The zero-order valence-corrected chi connectivity index (χ0v) is 11.9. The molecule has 0 aliphatic carbocycles. The third kappa shape index (κ3) is 2.91. The Balaban J connectivity index is 2.44. The lowest BCUT2D eigenvalue weighted by molar-refractivity contribution is 0.477. The zero-order valence-electron chi connectivity index (χ0n) is 10.2. The molecule has 0 unspecified atom stereocenters. The van der Waals surface area contributed by atoms with E-state index in [0.717, 1.165) is 24.6 Å². The van der Waals surface area contributed by atoms with Crippen LogP contribution < -0.4 is 4.72 Å². The van der Waals surface area contributed by atoms with E-state index in [1.807, 2.05) is 0 Å². The number of H-pyrrole nitrogens is 1. The first-order valence-electron chi connectivity index (χ1n) is 5.24. The van der Waals surface area contributed by atoms with E-state index in [4.69, 9.17) is 0 Å². The predicted molar refractivity (Wildman–Crippen MR) is 70.6 cm³/mol. The number of sulfone groups is 1. The minimum atomic E-state index is -3.98. The van der Waals surface area contributed by atoms with E-state index in [-0.39, 0.29) is 21.4 Å². The molecule has 2 aromatic rings. The van der Waals surface area contributed by atoms with E-state index in [1.54, 1.807) is 0 Å². The summed E-state index contributed by atoms with van der Waals surface area (Å²) >= 11 is 0. The third-order valence-corrected chi connectivity index (χ3v) is 4.80. The van der Waals surface area contributed by atoms with E-state index in [2.05, 4.69) is 14.7 Å². The molecule has 0 saturated heterocycles. The third-order valence-electron chi connectivity index (χ3n) is 2.40. The second kappa shape index (κ2) is 4.80. The number of imidazole rings is 1. The average molecular weight is 317 g/mol. The largest absolute Gasteiger partial charge is 0.506 e. The van der Waals surface area contributed by atoms with Crippen molar-refractivity contribution < 1.29 is 21.9 Å². The number of hydrogen-bond acceptors (Lipinski definition) is 6. The van der Waals surface area contributed by atoms with Gasteiger partial charge in [0.2, 0.25) is 0 Å².